The molecule has 3 amide bonds. The van der Waals surface area contributed by atoms with Gasteiger partial charge in [-0.05, 0) is 81.7 Å². The minimum absolute atomic E-state index is 0.0176. The van der Waals surface area contributed by atoms with Crippen LogP contribution in [0.3, 0.4) is 0 Å². The van der Waals surface area contributed by atoms with Crippen LogP contribution in [-0.2, 0) is 26.2 Å². The molecular formula is C38H52ClN7O5. The smallest absolute Gasteiger partial charge is 0.266 e. The summed E-state index contributed by atoms with van der Waals surface area (Å²) < 4.78 is 7.26. The number of nitrogens with zero attached hydrogens (tertiary/aromatic N) is 7. The molecule has 5 atom stereocenters. The molecule has 5 heterocycles. The number of anilines is 1. The van der Waals surface area contributed by atoms with E-state index < -0.39 is 18.1 Å². The predicted molar refractivity (Wildman–Crippen MR) is 195 cm³/mol. The average Bonchev–Trinajstić information content (AvgIpc) is 3.92. The number of piperazine rings is 1. The Labute approximate surface area is 305 Å². The number of aryl methyl sites for hydroxylation is 1. The second-order valence-corrected chi connectivity index (χ2v) is 15.9. The monoisotopic (exact) mass is 721 g/mol. The van der Waals surface area contributed by atoms with Gasteiger partial charge in [0.1, 0.15) is 18.0 Å². The number of rotatable bonds is 7. The number of carbonyl (C=O) groups is 3. The zero-order valence-corrected chi connectivity index (χ0v) is 30.9. The molecule has 7 rings (SSSR count). The predicted octanol–water partition coefficient (Wildman–Crippen LogP) is 2.98. The number of benzene rings is 1. The van der Waals surface area contributed by atoms with E-state index in [4.69, 9.17) is 16.3 Å². The number of likely N-dealkylation sites (tertiary alicyclic amines) is 1. The summed E-state index contributed by atoms with van der Waals surface area (Å²) in [4.78, 5) is 66.2. The van der Waals surface area contributed by atoms with Gasteiger partial charge in [-0.3, -0.25) is 19.2 Å². The Balaban J connectivity index is 1.22. The van der Waals surface area contributed by atoms with Crippen LogP contribution in [0.5, 0.6) is 0 Å². The molecule has 51 heavy (non-hydrogen) atoms. The summed E-state index contributed by atoms with van der Waals surface area (Å²) in [7, 11) is 3.68. The van der Waals surface area contributed by atoms with Gasteiger partial charge in [-0.1, -0.05) is 30.7 Å². The zero-order valence-electron chi connectivity index (χ0n) is 30.2. The van der Waals surface area contributed by atoms with Crippen LogP contribution in [-0.4, -0.2) is 131 Å². The van der Waals surface area contributed by atoms with Crippen molar-refractivity contribution in [2.75, 3.05) is 64.4 Å². The molecule has 12 nitrogen and oxygen atoms in total. The number of hydrogen-bond donors (Lipinski definition) is 0. The van der Waals surface area contributed by atoms with Crippen molar-refractivity contribution in [1.82, 2.24) is 29.4 Å². The highest BCUT2D eigenvalue weighted by atomic mass is 35.5. The van der Waals surface area contributed by atoms with Crippen molar-refractivity contribution in [2.24, 2.45) is 18.9 Å². The Kier molecular flexibility index (Phi) is 10.7. The van der Waals surface area contributed by atoms with E-state index in [1.54, 1.807) is 13.1 Å². The van der Waals surface area contributed by atoms with Crippen LogP contribution in [0.4, 0.5) is 5.82 Å². The molecule has 5 fully saturated rings. The number of amides is 3. The first-order valence-electron chi connectivity index (χ1n) is 18.8. The summed E-state index contributed by atoms with van der Waals surface area (Å²) in [5.41, 5.74) is 0.775. The first-order chi connectivity index (χ1) is 24.6. The van der Waals surface area contributed by atoms with Crippen molar-refractivity contribution in [3.05, 3.63) is 57.3 Å². The second kappa shape index (κ2) is 15.2. The number of aromatic nitrogens is 2. The Hall–Kier alpha value is -3.48. The molecule has 2 aromatic rings. The second-order valence-electron chi connectivity index (χ2n) is 15.5. The highest BCUT2D eigenvalue weighted by Crippen LogP contribution is 2.40. The first-order valence-corrected chi connectivity index (χ1v) is 19.2. The van der Waals surface area contributed by atoms with E-state index in [9.17, 15) is 14.4 Å². The Morgan fingerprint density at radius 3 is 2.25 bits per heavy atom. The van der Waals surface area contributed by atoms with Crippen LogP contribution in [0, 0.1) is 11.8 Å². The largest absolute Gasteiger partial charge is 0.368 e. The Bertz CT molecular complexity index is 1630. The summed E-state index contributed by atoms with van der Waals surface area (Å²) >= 11 is 6.29. The molecule has 5 aliphatic rings. The van der Waals surface area contributed by atoms with Crippen molar-refractivity contribution in [1.29, 1.82) is 0 Å². The van der Waals surface area contributed by atoms with E-state index in [2.05, 4.69) is 33.8 Å². The maximum atomic E-state index is 15.1. The van der Waals surface area contributed by atoms with Crippen molar-refractivity contribution in [3.8, 4) is 0 Å². The van der Waals surface area contributed by atoms with E-state index >= 15 is 4.79 Å². The fraction of sp³-hybridized carbons (Fsp3) is 0.658. The summed E-state index contributed by atoms with van der Waals surface area (Å²) in [5, 5.41) is 5.13. The van der Waals surface area contributed by atoms with Crippen LogP contribution in [0.2, 0.25) is 5.02 Å². The van der Waals surface area contributed by atoms with Gasteiger partial charge in [0.05, 0.1) is 12.0 Å². The summed E-state index contributed by atoms with van der Waals surface area (Å²) in [6, 6.07) is 9.96. The normalized spacial score (nSPS) is 30.2. The minimum atomic E-state index is -0.663. The first kappa shape index (κ1) is 35.9. The van der Waals surface area contributed by atoms with Crippen molar-refractivity contribution < 1.29 is 19.1 Å². The Morgan fingerprint density at radius 1 is 0.863 bits per heavy atom. The maximum absolute atomic E-state index is 15.1. The molecule has 0 N–H and O–H groups in total. The fourth-order valence-electron chi connectivity index (χ4n) is 9.01. The molecule has 13 heteroatoms. The summed E-state index contributed by atoms with van der Waals surface area (Å²) in [6.07, 6.45) is 5.47. The van der Waals surface area contributed by atoms with Gasteiger partial charge in [0.15, 0.2) is 0 Å². The molecule has 4 aliphatic heterocycles. The van der Waals surface area contributed by atoms with Gasteiger partial charge < -0.3 is 29.2 Å². The number of halogens is 1. The van der Waals surface area contributed by atoms with Gasteiger partial charge >= 0.3 is 0 Å². The van der Waals surface area contributed by atoms with Crippen molar-refractivity contribution in [3.63, 3.8) is 0 Å². The molecule has 1 aromatic carbocycles. The molecule has 1 aromatic heterocycles. The van der Waals surface area contributed by atoms with Crippen LogP contribution in [0.15, 0.2) is 41.2 Å². The lowest BCUT2D eigenvalue weighted by Gasteiger charge is -2.41. The number of carbonyl (C=O) groups excluding carboxylic acids is 3. The van der Waals surface area contributed by atoms with Gasteiger partial charge in [-0.2, -0.15) is 5.10 Å². The topological polar surface area (TPSA) is 112 Å². The zero-order chi connectivity index (χ0) is 35.8. The van der Waals surface area contributed by atoms with Crippen molar-refractivity contribution in [2.45, 2.75) is 82.0 Å². The minimum Gasteiger partial charge on any atom is -0.368 e. The van der Waals surface area contributed by atoms with Crippen LogP contribution < -0.4 is 10.5 Å². The molecule has 0 bridgehead atoms. The van der Waals surface area contributed by atoms with E-state index in [-0.39, 0.29) is 41.3 Å². The molecular weight excluding hydrogens is 670 g/mol. The van der Waals surface area contributed by atoms with Gasteiger partial charge in [-0.15, -0.1) is 0 Å². The summed E-state index contributed by atoms with van der Waals surface area (Å²) in [5.74, 6) is 0.462. The molecule has 1 aliphatic carbocycles. The Morgan fingerprint density at radius 2 is 1.59 bits per heavy atom. The average molecular weight is 722 g/mol. The number of hydrogen-bond acceptors (Lipinski definition) is 8. The van der Waals surface area contributed by atoms with E-state index in [1.807, 2.05) is 34.1 Å². The highest BCUT2D eigenvalue weighted by molar-refractivity contribution is 6.30. The standard InChI is InChI=1S/C38H52ClN7O5/c1-25-6-12-28(13-7-25)46(38(50)33-5-4-20-51-33)29-21-32(37(49)43-18-16-41(2)17-19-43)45(22-29)36(48)31-24-44(34-14-15-35(47)42(3)40-34)23-30(31)26-8-10-27(39)11-9-26/h8-11,14-15,25,28-33H,4-7,12-13,16-24H2,1-3H3/t25?,28?,29-,30-,31-,32+,33-/m0/s1. The lowest BCUT2D eigenvalue weighted by Crippen LogP contribution is -2.54. The molecule has 0 radical (unpaired) electrons. The van der Waals surface area contributed by atoms with Gasteiger partial charge in [0, 0.05) is 82.5 Å². The van der Waals surface area contributed by atoms with Crippen LogP contribution in [0.25, 0.3) is 0 Å². The molecule has 0 spiro atoms. The summed E-state index contributed by atoms with van der Waals surface area (Å²) in [6.45, 7) is 6.85. The quantitative estimate of drug-likeness (QED) is 0.430. The maximum Gasteiger partial charge on any atom is 0.266 e. The molecule has 1 saturated carbocycles. The molecule has 0 unspecified atom stereocenters. The van der Waals surface area contributed by atoms with Crippen molar-refractivity contribution >= 4 is 35.1 Å². The van der Waals surface area contributed by atoms with Crippen LogP contribution in [0.1, 0.15) is 63.4 Å². The van der Waals surface area contributed by atoms with Gasteiger partial charge in [0.25, 0.3) is 11.5 Å². The van der Waals surface area contributed by atoms with E-state index in [0.29, 0.717) is 68.9 Å². The lowest BCUT2D eigenvalue weighted by atomic mass is 9.85. The number of ether oxygens (including phenoxy) is 1. The highest BCUT2D eigenvalue weighted by Gasteiger charge is 2.51. The third-order valence-corrected chi connectivity index (χ3v) is 12.4. The molecule has 4 saturated heterocycles. The fourth-order valence-corrected chi connectivity index (χ4v) is 9.13. The molecule has 276 valence electrons. The van der Waals surface area contributed by atoms with Crippen LogP contribution >= 0.6 is 11.6 Å². The third kappa shape index (κ3) is 7.55. The van der Waals surface area contributed by atoms with E-state index in [1.165, 1.54) is 10.7 Å². The SMILES string of the molecule is CC1CCC(N(C(=O)[C@@H]2CCCO2)[C@H]2C[C@H](C(=O)N3CCN(C)CC3)N(C(=O)[C@H]3CN(c4ccc(=O)n(C)n4)C[C@H]3c3ccc(Cl)cc3)C2)CC1. The van der Waals surface area contributed by atoms with E-state index in [0.717, 1.165) is 50.8 Å². The lowest BCUT2D eigenvalue weighted by molar-refractivity contribution is -0.148. The third-order valence-electron chi connectivity index (χ3n) is 12.1. The van der Waals surface area contributed by atoms with Gasteiger partial charge in [0.2, 0.25) is 11.8 Å². The number of likely N-dealkylation sites (N-methyl/N-ethyl adjacent to an activating group) is 1. The van der Waals surface area contributed by atoms with Gasteiger partial charge in [-0.25, -0.2) is 4.68 Å².